The summed E-state index contributed by atoms with van der Waals surface area (Å²) in [5, 5.41) is 16.0. The predicted molar refractivity (Wildman–Crippen MR) is 138 cm³/mol. The summed E-state index contributed by atoms with van der Waals surface area (Å²) in [5.74, 6) is -0.764. The summed E-state index contributed by atoms with van der Waals surface area (Å²) >= 11 is 0. The lowest BCUT2D eigenvalue weighted by atomic mass is 10.1. The molecule has 0 spiro atoms. The van der Waals surface area contributed by atoms with Crippen LogP contribution in [0.25, 0.3) is 10.9 Å². The lowest BCUT2D eigenvalue weighted by Crippen LogP contribution is -2.12. The minimum Gasteiger partial charge on any atom is -0.478 e. The molecule has 0 unspecified atom stereocenters. The Morgan fingerprint density at radius 1 is 0.778 bits per heavy atom. The number of carbonyl (C=O) groups is 2. The van der Waals surface area contributed by atoms with Crippen LogP contribution in [0.4, 0.5) is 17.2 Å². The zero-order chi connectivity index (χ0) is 24.9. The van der Waals surface area contributed by atoms with Crippen LogP contribution in [0.15, 0.2) is 97.6 Å². The molecule has 0 bridgehead atoms. The van der Waals surface area contributed by atoms with E-state index in [1.165, 1.54) is 17.8 Å². The van der Waals surface area contributed by atoms with Gasteiger partial charge in [0.25, 0.3) is 5.91 Å². The van der Waals surface area contributed by atoms with Crippen molar-refractivity contribution in [1.29, 1.82) is 0 Å². The zero-order valence-corrected chi connectivity index (χ0v) is 19.1. The van der Waals surface area contributed by atoms with Crippen LogP contribution in [-0.4, -0.2) is 31.9 Å². The molecule has 2 aromatic carbocycles. The lowest BCUT2D eigenvalue weighted by Gasteiger charge is -2.10. The Morgan fingerprint density at radius 2 is 1.53 bits per heavy atom. The molecule has 5 aromatic rings. The van der Waals surface area contributed by atoms with Gasteiger partial charge in [0.15, 0.2) is 0 Å². The Morgan fingerprint density at radius 3 is 2.25 bits per heavy atom. The molecule has 0 aliphatic carbocycles. The highest BCUT2D eigenvalue weighted by Crippen LogP contribution is 2.25. The van der Waals surface area contributed by atoms with E-state index in [0.717, 1.165) is 12.0 Å². The first-order valence-corrected chi connectivity index (χ1v) is 11.2. The number of nitrogens with one attached hydrogen (secondary N) is 2. The van der Waals surface area contributed by atoms with Gasteiger partial charge >= 0.3 is 5.97 Å². The SMILES string of the molecule is O=C(O)c1ccc2nccc(Nc3ccc(C(=O)Nc4ccc(Cc5ccncc5)cc4)cn3)c2c1. The Labute approximate surface area is 206 Å². The van der Waals surface area contributed by atoms with Crippen molar-refractivity contribution in [3.63, 3.8) is 0 Å². The van der Waals surface area contributed by atoms with Crippen LogP contribution in [0.1, 0.15) is 31.8 Å². The number of carboxylic acids is 1. The van der Waals surface area contributed by atoms with Crippen molar-refractivity contribution in [3.8, 4) is 0 Å². The molecule has 0 saturated heterocycles. The minimum atomic E-state index is -1.01. The van der Waals surface area contributed by atoms with Gasteiger partial charge in [0.05, 0.1) is 22.3 Å². The third kappa shape index (κ3) is 5.18. The van der Waals surface area contributed by atoms with Gasteiger partial charge in [-0.2, -0.15) is 0 Å². The Balaban J connectivity index is 1.25. The minimum absolute atomic E-state index is 0.170. The molecule has 1 amide bonds. The van der Waals surface area contributed by atoms with E-state index in [2.05, 4.69) is 25.6 Å². The molecular weight excluding hydrogens is 454 g/mol. The van der Waals surface area contributed by atoms with Crippen LogP contribution in [0.5, 0.6) is 0 Å². The molecule has 0 atom stereocenters. The zero-order valence-electron chi connectivity index (χ0n) is 19.1. The first-order chi connectivity index (χ1) is 17.5. The second-order valence-electron chi connectivity index (χ2n) is 8.14. The summed E-state index contributed by atoms with van der Waals surface area (Å²) in [6, 6.07) is 21.5. The van der Waals surface area contributed by atoms with Gasteiger partial charge in [-0.3, -0.25) is 14.8 Å². The van der Waals surface area contributed by atoms with Gasteiger partial charge in [-0.15, -0.1) is 0 Å². The standard InChI is InChI=1S/C28H21N5O3/c34-27(32-22-5-1-18(2-6-22)15-19-9-12-29-13-10-19)21-4-8-26(31-17-21)33-25-11-14-30-24-7-3-20(28(35)36)16-23(24)25/h1-14,16-17H,15H2,(H,32,34)(H,35,36)(H,30,31,33). The highest BCUT2D eigenvalue weighted by atomic mass is 16.4. The molecule has 3 N–H and O–H groups in total. The molecule has 8 nitrogen and oxygen atoms in total. The summed E-state index contributed by atoms with van der Waals surface area (Å²) in [6.45, 7) is 0. The van der Waals surface area contributed by atoms with Crippen molar-refractivity contribution >= 4 is 40.0 Å². The molecule has 3 heterocycles. The molecule has 5 rings (SSSR count). The Kier molecular flexibility index (Phi) is 6.31. The van der Waals surface area contributed by atoms with E-state index >= 15 is 0 Å². The second-order valence-corrected chi connectivity index (χ2v) is 8.14. The summed E-state index contributed by atoms with van der Waals surface area (Å²) < 4.78 is 0. The molecule has 8 heteroatoms. The number of anilines is 3. The smallest absolute Gasteiger partial charge is 0.335 e. The first kappa shape index (κ1) is 22.7. The number of carbonyl (C=O) groups excluding carboxylic acids is 1. The highest BCUT2D eigenvalue weighted by molar-refractivity contribution is 6.04. The van der Waals surface area contributed by atoms with Gasteiger partial charge in [-0.1, -0.05) is 12.1 Å². The first-order valence-electron chi connectivity index (χ1n) is 11.2. The van der Waals surface area contributed by atoms with Crippen molar-refractivity contribution in [2.75, 3.05) is 10.6 Å². The van der Waals surface area contributed by atoms with Crippen molar-refractivity contribution < 1.29 is 14.7 Å². The van der Waals surface area contributed by atoms with Crippen molar-refractivity contribution in [1.82, 2.24) is 15.0 Å². The summed E-state index contributed by atoms with van der Waals surface area (Å²) in [4.78, 5) is 36.7. The van der Waals surface area contributed by atoms with E-state index < -0.39 is 5.97 Å². The lowest BCUT2D eigenvalue weighted by molar-refractivity contribution is 0.0697. The monoisotopic (exact) mass is 475 g/mol. The number of rotatable bonds is 7. The number of amides is 1. The normalized spacial score (nSPS) is 10.7. The fraction of sp³-hybridized carbons (Fsp3) is 0.0357. The summed E-state index contributed by atoms with van der Waals surface area (Å²) in [6.07, 6.45) is 7.46. The second kappa shape index (κ2) is 10.0. The van der Waals surface area contributed by atoms with Gasteiger partial charge < -0.3 is 15.7 Å². The number of hydrogen-bond acceptors (Lipinski definition) is 6. The molecule has 176 valence electrons. The van der Waals surface area contributed by atoms with Gasteiger partial charge in [0, 0.05) is 35.9 Å². The maximum absolute atomic E-state index is 12.7. The highest BCUT2D eigenvalue weighted by Gasteiger charge is 2.10. The van der Waals surface area contributed by atoms with E-state index in [9.17, 15) is 14.7 Å². The molecule has 36 heavy (non-hydrogen) atoms. The molecule has 0 fully saturated rings. The fourth-order valence-corrected chi connectivity index (χ4v) is 3.77. The van der Waals surface area contributed by atoms with Crippen LogP contribution in [0.3, 0.4) is 0 Å². The van der Waals surface area contributed by atoms with Gasteiger partial charge in [-0.05, 0) is 78.2 Å². The maximum atomic E-state index is 12.7. The summed E-state index contributed by atoms with van der Waals surface area (Å²) in [5.41, 5.74) is 4.91. The molecular formula is C28H21N5O3. The Hall–Kier alpha value is -5.11. The molecule has 0 radical (unpaired) electrons. The topological polar surface area (TPSA) is 117 Å². The number of aromatic nitrogens is 3. The van der Waals surface area contributed by atoms with Crippen LogP contribution in [0, 0.1) is 0 Å². The van der Waals surface area contributed by atoms with Crippen molar-refractivity contribution in [2.45, 2.75) is 6.42 Å². The van der Waals surface area contributed by atoms with Gasteiger partial charge in [0.1, 0.15) is 5.82 Å². The predicted octanol–water partition coefficient (Wildman–Crippen LogP) is 5.31. The molecule has 0 aliphatic heterocycles. The van der Waals surface area contributed by atoms with Crippen LogP contribution in [-0.2, 0) is 6.42 Å². The van der Waals surface area contributed by atoms with Gasteiger partial charge in [-0.25, -0.2) is 9.78 Å². The molecule has 0 saturated carbocycles. The third-order valence-electron chi connectivity index (χ3n) is 5.65. The number of benzene rings is 2. The quantitative estimate of drug-likeness (QED) is 0.292. The van der Waals surface area contributed by atoms with E-state index in [1.807, 2.05) is 36.4 Å². The molecule has 3 aromatic heterocycles. The van der Waals surface area contributed by atoms with Crippen molar-refractivity contribution in [3.05, 3.63) is 120 Å². The average Bonchev–Trinajstić information content (AvgIpc) is 2.91. The number of nitrogens with zero attached hydrogens (tertiary/aromatic N) is 3. The van der Waals surface area contributed by atoms with Crippen LogP contribution >= 0.6 is 0 Å². The summed E-state index contributed by atoms with van der Waals surface area (Å²) in [7, 11) is 0. The van der Waals surface area contributed by atoms with E-state index in [-0.39, 0.29) is 11.5 Å². The number of aromatic carboxylic acids is 1. The van der Waals surface area contributed by atoms with Crippen LogP contribution < -0.4 is 10.6 Å². The number of pyridine rings is 3. The van der Waals surface area contributed by atoms with E-state index in [0.29, 0.717) is 33.7 Å². The number of hydrogen-bond donors (Lipinski definition) is 3. The van der Waals surface area contributed by atoms with Crippen LogP contribution in [0.2, 0.25) is 0 Å². The number of fused-ring (bicyclic) bond motifs is 1. The Bertz CT molecular complexity index is 1540. The largest absolute Gasteiger partial charge is 0.478 e. The van der Waals surface area contributed by atoms with Gasteiger partial charge in [0.2, 0.25) is 0 Å². The number of carboxylic acid groups (broad SMARTS) is 1. The third-order valence-corrected chi connectivity index (χ3v) is 5.65. The van der Waals surface area contributed by atoms with Crippen molar-refractivity contribution in [2.24, 2.45) is 0 Å². The van der Waals surface area contributed by atoms with E-state index in [1.54, 1.807) is 48.9 Å². The van der Waals surface area contributed by atoms with E-state index in [4.69, 9.17) is 0 Å². The maximum Gasteiger partial charge on any atom is 0.335 e. The molecule has 0 aliphatic rings. The fourth-order valence-electron chi connectivity index (χ4n) is 3.77. The average molecular weight is 476 g/mol.